The van der Waals surface area contributed by atoms with Crippen LogP contribution in [0.4, 0.5) is 0 Å². The molecule has 0 N–H and O–H groups in total. The lowest BCUT2D eigenvalue weighted by atomic mass is 10.3. The van der Waals surface area contributed by atoms with Crippen LogP contribution in [0.25, 0.3) is 0 Å². The molecule has 62 valence electrons. The quantitative estimate of drug-likeness (QED) is 0.630. The fourth-order valence-electron chi connectivity index (χ4n) is 0.823. The molecule has 0 aliphatic heterocycles. The van der Waals surface area contributed by atoms with E-state index in [0.29, 0.717) is 0 Å². The van der Waals surface area contributed by atoms with Crippen molar-refractivity contribution in [3.63, 3.8) is 0 Å². The zero-order valence-electron chi connectivity index (χ0n) is 7.09. The van der Waals surface area contributed by atoms with Crippen molar-refractivity contribution in [2.24, 2.45) is 0 Å². The summed E-state index contributed by atoms with van der Waals surface area (Å²) in [6.45, 7) is 5.11. The summed E-state index contributed by atoms with van der Waals surface area (Å²) in [6.07, 6.45) is 2.35. The minimum atomic E-state index is 0.855. The summed E-state index contributed by atoms with van der Waals surface area (Å²) in [7, 11) is 0. The fourth-order valence-corrected chi connectivity index (χ4v) is 1.59. The summed E-state index contributed by atoms with van der Waals surface area (Å²) >= 11 is 1.70. The number of hydrogen-bond donors (Lipinski definition) is 0. The predicted octanol–water partition coefficient (Wildman–Crippen LogP) is 3.24. The van der Waals surface area contributed by atoms with Gasteiger partial charge in [-0.25, -0.2) is 0 Å². The topological polar surface area (TPSA) is 9.23 Å². The Balaban J connectivity index is 2.32. The molecular formula is C9H14OS. The maximum atomic E-state index is 5.53. The summed E-state index contributed by atoms with van der Waals surface area (Å²) in [5.41, 5.74) is 1.26. The maximum Gasteiger partial charge on any atom is 0.132 e. The first-order valence-electron chi connectivity index (χ1n) is 4.00. The van der Waals surface area contributed by atoms with Gasteiger partial charge in [-0.2, -0.15) is 0 Å². The highest BCUT2D eigenvalue weighted by Crippen LogP contribution is 2.22. The highest BCUT2D eigenvalue weighted by molar-refractivity contribution is 7.08. The van der Waals surface area contributed by atoms with Gasteiger partial charge < -0.3 is 4.74 Å². The van der Waals surface area contributed by atoms with Crippen LogP contribution >= 0.6 is 11.3 Å². The van der Waals surface area contributed by atoms with E-state index >= 15 is 0 Å². The van der Waals surface area contributed by atoms with Gasteiger partial charge >= 0.3 is 0 Å². The van der Waals surface area contributed by atoms with Gasteiger partial charge in [0.2, 0.25) is 0 Å². The molecular weight excluding hydrogens is 156 g/mol. The predicted molar refractivity (Wildman–Crippen MR) is 49.5 cm³/mol. The highest BCUT2D eigenvalue weighted by Gasteiger charge is 1.97. The lowest BCUT2D eigenvalue weighted by molar-refractivity contribution is 0.309. The SMILES string of the molecule is CCCCOc1cscc1C. The van der Waals surface area contributed by atoms with Crippen molar-refractivity contribution < 1.29 is 4.74 Å². The lowest BCUT2D eigenvalue weighted by Crippen LogP contribution is -1.95. The standard InChI is InChI=1S/C9H14OS/c1-3-4-5-10-9-7-11-6-8(9)2/h6-7H,3-5H2,1-2H3. The molecule has 0 saturated heterocycles. The van der Waals surface area contributed by atoms with Crippen molar-refractivity contribution in [3.8, 4) is 5.75 Å². The molecule has 1 rings (SSSR count). The van der Waals surface area contributed by atoms with Crippen LogP contribution in [0, 0.1) is 6.92 Å². The van der Waals surface area contributed by atoms with Crippen LogP contribution in [0.5, 0.6) is 5.75 Å². The fraction of sp³-hybridized carbons (Fsp3) is 0.556. The van der Waals surface area contributed by atoms with Gasteiger partial charge in [0.05, 0.1) is 6.61 Å². The van der Waals surface area contributed by atoms with Gasteiger partial charge in [-0.1, -0.05) is 13.3 Å². The number of rotatable bonds is 4. The van der Waals surface area contributed by atoms with Crippen LogP contribution < -0.4 is 4.74 Å². The third-order valence-electron chi connectivity index (χ3n) is 1.56. The first-order valence-corrected chi connectivity index (χ1v) is 4.94. The molecule has 0 saturated carbocycles. The first-order chi connectivity index (χ1) is 5.34. The molecule has 1 nitrogen and oxygen atoms in total. The molecule has 0 fully saturated rings. The molecule has 1 aromatic heterocycles. The van der Waals surface area contributed by atoms with Gasteiger partial charge in [0.25, 0.3) is 0 Å². The average Bonchev–Trinajstić information content (AvgIpc) is 2.37. The van der Waals surface area contributed by atoms with E-state index in [1.54, 1.807) is 11.3 Å². The number of hydrogen-bond acceptors (Lipinski definition) is 2. The molecule has 0 aliphatic rings. The van der Waals surface area contributed by atoms with Gasteiger partial charge in [-0.05, 0) is 18.7 Å². The summed E-state index contributed by atoms with van der Waals surface area (Å²) < 4.78 is 5.53. The summed E-state index contributed by atoms with van der Waals surface area (Å²) in [5, 5.41) is 4.17. The van der Waals surface area contributed by atoms with Crippen LogP contribution in [-0.2, 0) is 0 Å². The van der Waals surface area contributed by atoms with Crippen molar-refractivity contribution in [3.05, 3.63) is 16.3 Å². The van der Waals surface area contributed by atoms with E-state index in [4.69, 9.17) is 4.74 Å². The average molecular weight is 170 g/mol. The molecule has 0 aromatic carbocycles. The van der Waals surface area contributed by atoms with E-state index in [0.717, 1.165) is 18.8 Å². The first kappa shape index (κ1) is 8.60. The summed E-state index contributed by atoms with van der Waals surface area (Å²) in [6, 6.07) is 0. The second-order valence-electron chi connectivity index (χ2n) is 2.62. The molecule has 1 heterocycles. The summed E-state index contributed by atoms with van der Waals surface area (Å²) in [4.78, 5) is 0. The molecule has 0 aliphatic carbocycles. The molecule has 0 atom stereocenters. The van der Waals surface area contributed by atoms with Gasteiger partial charge in [0, 0.05) is 10.9 Å². The van der Waals surface area contributed by atoms with E-state index in [2.05, 4.69) is 24.6 Å². The van der Waals surface area contributed by atoms with Crippen LogP contribution in [0.3, 0.4) is 0 Å². The van der Waals surface area contributed by atoms with Gasteiger partial charge in [0.15, 0.2) is 0 Å². The van der Waals surface area contributed by atoms with Crippen LogP contribution in [0.15, 0.2) is 10.8 Å². The van der Waals surface area contributed by atoms with Gasteiger partial charge in [-0.15, -0.1) is 11.3 Å². The van der Waals surface area contributed by atoms with E-state index in [9.17, 15) is 0 Å². The molecule has 2 heteroatoms. The largest absolute Gasteiger partial charge is 0.492 e. The Morgan fingerprint density at radius 2 is 2.27 bits per heavy atom. The Morgan fingerprint density at radius 1 is 1.45 bits per heavy atom. The molecule has 0 spiro atoms. The lowest BCUT2D eigenvalue weighted by Gasteiger charge is -2.02. The van der Waals surface area contributed by atoms with Crippen LogP contribution in [0.2, 0.25) is 0 Å². The van der Waals surface area contributed by atoms with E-state index < -0.39 is 0 Å². The van der Waals surface area contributed by atoms with Crippen molar-refractivity contribution in [1.82, 2.24) is 0 Å². The number of aryl methyl sites for hydroxylation is 1. The number of ether oxygens (including phenoxy) is 1. The Morgan fingerprint density at radius 3 is 2.82 bits per heavy atom. The second-order valence-corrected chi connectivity index (χ2v) is 3.36. The van der Waals surface area contributed by atoms with Crippen molar-refractivity contribution in [1.29, 1.82) is 0 Å². The van der Waals surface area contributed by atoms with Crippen molar-refractivity contribution >= 4 is 11.3 Å². The molecule has 11 heavy (non-hydrogen) atoms. The monoisotopic (exact) mass is 170 g/mol. The molecule has 0 unspecified atom stereocenters. The number of thiophene rings is 1. The van der Waals surface area contributed by atoms with Crippen LogP contribution in [0.1, 0.15) is 25.3 Å². The van der Waals surface area contributed by atoms with Crippen molar-refractivity contribution in [2.45, 2.75) is 26.7 Å². The zero-order valence-corrected chi connectivity index (χ0v) is 7.91. The van der Waals surface area contributed by atoms with Gasteiger partial charge in [-0.3, -0.25) is 0 Å². The Labute approximate surface area is 72.0 Å². The minimum Gasteiger partial charge on any atom is -0.492 e. The maximum absolute atomic E-state index is 5.53. The second kappa shape index (κ2) is 4.39. The third kappa shape index (κ3) is 2.54. The Kier molecular flexibility index (Phi) is 3.43. The third-order valence-corrected chi connectivity index (χ3v) is 2.40. The minimum absolute atomic E-state index is 0.855. The molecule has 0 radical (unpaired) electrons. The normalized spacial score (nSPS) is 10.0. The van der Waals surface area contributed by atoms with E-state index in [1.165, 1.54) is 12.0 Å². The Hall–Kier alpha value is -0.500. The van der Waals surface area contributed by atoms with Gasteiger partial charge in [0.1, 0.15) is 5.75 Å². The molecule has 0 bridgehead atoms. The van der Waals surface area contributed by atoms with Crippen molar-refractivity contribution in [2.75, 3.05) is 6.61 Å². The van der Waals surface area contributed by atoms with E-state index in [1.807, 2.05) is 0 Å². The molecule has 1 aromatic rings. The Bertz CT molecular complexity index is 205. The van der Waals surface area contributed by atoms with E-state index in [-0.39, 0.29) is 0 Å². The smallest absolute Gasteiger partial charge is 0.132 e. The summed E-state index contributed by atoms with van der Waals surface area (Å²) in [5.74, 6) is 1.06. The highest BCUT2D eigenvalue weighted by atomic mass is 32.1. The zero-order chi connectivity index (χ0) is 8.10. The number of unbranched alkanes of at least 4 members (excludes halogenated alkanes) is 1. The van der Waals surface area contributed by atoms with Crippen LogP contribution in [-0.4, -0.2) is 6.61 Å². The molecule has 0 amide bonds.